The Bertz CT molecular complexity index is 652. The highest BCUT2D eigenvalue weighted by molar-refractivity contribution is 7.09. The lowest BCUT2D eigenvalue weighted by Crippen LogP contribution is -2.21. The van der Waals surface area contributed by atoms with Crippen molar-refractivity contribution in [2.45, 2.75) is 12.6 Å². The van der Waals surface area contributed by atoms with Gasteiger partial charge in [-0.1, -0.05) is 12.1 Å². The predicted molar refractivity (Wildman–Crippen MR) is 77.3 cm³/mol. The number of aliphatic hydroxyl groups excluding tert-OH is 1. The summed E-state index contributed by atoms with van der Waals surface area (Å²) in [5, 5.41) is 22.7. The maximum atomic E-state index is 9.95. The van der Waals surface area contributed by atoms with Gasteiger partial charge in [0.2, 0.25) is 5.95 Å². The number of hydrogen-bond acceptors (Lipinski definition) is 6. The topological polar surface area (TPSA) is 86.7 Å². The zero-order valence-corrected chi connectivity index (χ0v) is 11.3. The first-order chi connectivity index (χ1) is 9.81. The van der Waals surface area contributed by atoms with E-state index in [1.807, 2.05) is 35.7 Å². The third-order valence-corrected chi connectivity index (χ3v) is 3.57. The first-order valence-electron chi connectivity index (χ1n) is 6.12. The van der Waals surface area contributed by atoms with Gasteiger partial charge in [-0.15, -0.1) is 21.5 Å². The van der Waals surface area contributed by atoms with Crippen molar-refractivity contribution in [1.29, 1.82) is 0 Å². The SMILES string of the molecule is OC(Cc1cccs1)Nc1nnc(-c2ccccn2)[nH]1. The van der Waals surface area contributed by atoms with E-state index in [1.54, 1.807) is 17.5 Å². The summed E-state index contributed by atoms with van der Waals surface area (Å²) in [5.41, 5.74) is 0.709. The highest BCUT2D eigenvalue weighted by atomic mass is 32.1. The molecule has 0 amide bonds. The van der Waals surface area contributed by atoms with Gasteiger partial charge in [-0.3, -0.25) is 4.98 Å². The number of aromatic amines is 1. The van der Waals surface area contributed by atoms with Gasteiger partial charge in [0.15, 0.2) is 5.82 Å². The molecule has 6 nitrogen and oxygen atoms in total. The molecule has 3 aromatic rings. The molecule has 3 aromatic heterocycles. The van der Waals surface area contributed by atoms with Crippen LogP contribution in [-0.4, -0.2) is 31.5 Å². The van der Waals surface area contributed by atoms with Gasteiger partial charge in [0, 0.05) is 17.5 Å². The summed E-state index contributed by atoms with van der Waals surface area (Å²) in [6.07, 6.45) is 1.51. The van der Waals surface area contributed by atoms with Gasteiger partial charge in [-0.25, -0.2) is 0 Å². The summed E-state index contributed by atoms with van der Waals surface area (Å²) >= 11 is 1.61. The van der Waals surface area contributed by atoms with Crippen molar-refractivity contribution in [2.75, 3.05) is 5.32 Å². The van der Waals surface area contributed by atoms with Gasteiger partial charge < -0.3 is 15.4 Å². The highest BCUT2D eigenvalue weighted by Gasteiger charge is 2.10. The van der Waals surface area contributed by atoms with Crippen LogP contribution in [0.15, 0.2) is 41.9 Å². The molecule has 1 atom stereocenters. The summed E-state index contributed by atoms with van der Waals surface area (Å²) in [4.78, 5) is 8.27. The van der Waals surface area contributed by atoms with E-state index < -0.39 is 6.23 Å². The normalized spacial score (nSPS) is 12.2. The zero-order valence-electron chi connectivity index (χ0n) is 10.5. The minimum Gasteiger partial charge on any atom is -0.373 e. The van der Waals surface area contributed by atoms with Crippen LogP contribution in [0.4, 0.5) is 5.95 Å². The molecule has 3 heterocycles. The number of H-pyrrole nitrogens is 1. The van der Waals surface area contributed by atoms with Crippen molar-refractivity contribution in [1.82, 2.24) is 20.2 Å². The Morgan fingerprint density at radius 3 is 2.95 bits per heavy atom. The number of aliphatic hydroxyl groups is 1. The number of thiophene rings is 1. The van der Waals surface area contributed by atoms with Crippen LogP contribution in [-0.2, 0) is 6.42 Å². The Labute approximate surface area is 119 Å². The fourth-order valence-corrected chi connectivity index (χ4v) is 2.52. The quantitative estimate of drug-likeness (QED) is 0.624. The molecular weight excluding hydrogens is 274 g/mol. The molecule has 102 valence electrons. The maximum Gasteiger partial charge on any atom is 0.224 e. The molecule has 7 heteroatoms. The van der Waals surface area contributed by atoms with E-state index in [-0.39, 0.29) is 0 Å². The number of aromatic nitrogens is 4. The summed E-state index contributed by atoms with van der Waals surface area (Å²) < 4.78 is 0. The lowest BCUT2D eigenvalue weighted by Gasteiger charge is -2.09. The molecule has 0 saturated heterocycles. The molecule has 0 spiro atoms. The molecule has 0 fully saturated rings. The fraction of sp³-hybridized carbons (Fsp3) is 0.154. The first-order valence-corrected chi connectivity index (χ1v) is 7.00. The summed E-state index contributed by atoms with van der Waals surface area (Å²) in [7, 11) is 0. The number of nitrogens with zero attached hydrogens (tertiary/aromatic N) is 3. The van der Waals surface area contributed by atoms with Gasteiger partial charge >= 0.3 is 0 Å². The van der Waals surface area contributed by atoms with Gasteiger partial charge in [0.05, 0.1) is 0 Å². The molecule has 3 rings (SSSR count). The Kier molecular flexibility index (Phi) is 3.71. The predicted octanol–water partition coefficient (Wildman–Crippen LogP) is 1.90. The number of anilines is 1. The minimum absolute atomic E-state index is 0.426. The Balaban J connectivity index is 1.65. The Morgan fingerprint density at radius 2 is 2.20 bits per heavy atom. The van der Waals surface area contributed by atoms with Crippen LogP contribution in [0.2, 0.25) is 0 Å². The van der Waals surface area contributed by atoms with E-state index in [1.165, 1.54) is 0 Å². The Hall–Kier alpha value is -2.25. The average Bonchev–Trinajstić information content (AvgIpc) is 3.11. The number of hydrogen-bond donors (Lipinski definition) is 3. The van der Waals surface area contributed by atoms with E-state index in [0.29, 0.717) is 23.9 Å². The summed E-state index contributed by atoms with van der Waals surface area (Å²) in [6.45, 7) is 0. The van der Waals surface area contributed by atoms with Crippen LogP contribution in [0, 0.1) is 0 Å². The Morgan fingerprint density at radius 1 is 1.25 bits per heavy atom. The molecule has 0 aliphatic heterocycles. The molecule has 0 aliphatic carbocycles. The minimum atomic E-state index is -0.710. The van der Waals surface area contributed by atoms with Gasteiger partial charge in [-0.05, 0) is 23.6 Å². The van der Waals surface area contributed by atoms with E-state index in [9.17, 15) is 5.11 Å². The highest BCUT2D eigenvalue weighted by Crippen LogP contribution is 2.14. The first kappa shape index (κ1) is 12.8. The van der Waals surface area contributed by atoms with Crippen LogP contribution in [0.1, 0.15) is 4.88 Å². The van der Waals surface area contributed by atoms with Crippen molar-refractivity contribution < 1.29 is 5.11 Å². The molecule has 0 saturated carbocycles. The number of rotatable bonds is 5. The van der Waals surface area contributed by atoms with Crippen LogP contribution in [0.25, 0.3) is 11.5 Å². The molecular formula is C13H13N5OS. The van der Waals surface area contributed by atoms with Gasteiger partial charge in [0.1, 0.15) is 11.9 Å². The van der Waals surface area contributed by atoms with E-state index in [4.69, 9.17) is 0 Å². The van der Waals surface area contributed by atoms with Crippen LogP contribution in [0.5, 0.6) is 0 Å². The van der Waals surface area contributed by atoms with E-state index >= 15 is 0 Å². The fourth-order valence-electron chi connectivity index (χ4n) is 1.77. The standard InChI is InChI=1S/C13H13N5OS/c19-11(8-9-4-3-7-20-9)15-13-16-12(17-18-13)10-5-1-2-6-14-10/h1-7,11,19H,8H2,(H2,15,16,17,18). The molecule has 0 aliphatic rings. The largest absolute Gasteiger partial charge is 0.373 e. The second-order valence-corrected chi connectivity index (χ2v) is 5.21. The monoisotopic (exact) mass is 287 g/mol. The molecule has 0 aromatic carbocycles. The van der Waals surface area contributed by atoms with Gasteiger partial charge in [-0.2, -0.15) is 0 Å². The van der Waals surface area contributed by atoms with Crippen molar-refractivity contribution >= 4 is 17.3 Å². The third kappa shape index (κ3) is 3.01. The van der Waals surface area contributed by atoms with Crippen LogP contribution >= 0.6 is 11.3 Å². The van der Waals surface area contributed by atoms with E-state index in [2.05, 4.69) is 25.5 Å². The van der Waals surface area contributed by atoms with Crippen molar-refractivity contribution in [3.63, 3.8) is 0 Å². The van der Waals surface area contributed by atoms with E-state index in [0.717, 1.165) is 4.88 Å². The number of pyridine rings is 1. The van der Waals surface area contributed by atoms with Crippen molar-refractivity contribution in [3.8, 4) is 11.5 Å². The molecule has 1 unspecified atom stereocenters. The lowest BCUT2D eigenvalue weighted by atomic mass is 10.3. The molecule has 3 N–H and O–H groups in total. The van der Waals surface area contributed by atoms with Crippen LogP contribution in [0.3, 0.4) is 0 Å². The molecule has 20 heavy (non-hydrogen) atoms. The van der Waals surface area contributed by atoms with Crippen LogP contribution < -0.4 is 5.32 Å². The summed E-state index contributed by atoms with van der Waals surface area (Å²) in [5.74, 6) is 0.992. The number of nitrogens with one attached hydrogen (secondary N) is 2. The average molecular weight is 287 g/mol. The van der Waals surface area contributed by atoms with Crippen molar-refractivity contribution in [3.05, 3.63) is 46.8 Å². The second kappa shape index (κ2) is 5.81. The second-order valence-electron chi connectivity index (χ2n) is 4.18. The van der Waals surface area contributed by atoms with Crippen molar-refractivity contribution in [2.24, 2.45) is 0 Å². The third-order valence-electron chi connectivity index (χ3n) is 2.67. The smallest absolute Gasteiger partial charge is 0.224 e. The maximum absolute atomic E-state index is 9.95. The lowest BCUT2D eigenvalue weighted by molar-refractivity contribution is 0.204. The summed E-state index contributed by atoms with van der Waals surface area (Å²) in [6, 6.07) is 9.50. The molecule has 0 bridgehead atoms. The molecule has 0 radical (unpaired) electrons. The zero-order chi connectivity index (χ0) is 13.8. The van der Waals surface area contributed by atoms with Gasteiger partial charge in [0.25, 0.3) is 0 Å².